The Balaban J connectivity index is 0.00000103. The molecule has 0 aliphatic rings. The SMILES string of the molecule is CCC(N)C(=O)N[C@H](CCC(=O)OCc1ccccc1)C(N)=O.O=C(O)C(F)(F)F. The van der Waals surface area contributed by atoms with Crippen molar-refractivity contribution < 1.29 is 42.2 Å². The summed E-state index contributed by atoms with van der Waals surface area (Å²) in [5.41, 5.74) is 11.7. The predicted octanol–water partition coefficient (Wildman–Crippen LogP) is 0.851. The number of alkyl halides is 3. The van der Waals surface area contributed by atoms with Crippen LogP contribution in [0.5, 0.6) is 0 Å². The van der Waals surface area contributed by atoms with Gasteiger partial charge < -0.3 is 26.6 Å². The molecule has 2 amide bonds. The van der Waals surface area contributed by atoms with Crippen molar-refractivity contribution in [2.24, 2.45) is 11.5 Å². The van der Waals surface area contributed by atoms with E-state index in [4.69, 9.17) is 26.1 Å². The lowest BCUT2D eigenvalue weighted by atomic mass is 10.1. The monoisotopic (exact) mass is 435 g/mol. The van der Waals surface area contributed by atoms with E-state index in [0.29, 0.717) is 6.42 Å². The highest BCUT2D eigenvalue weighted by Gasteiger charge is 2.38. The molecule has 0 fully saturated rings. The van der Waals surface area contributed by atoms with Gasteiger partial charge in [0.15, 0.2) is 0 Å². The zero-order chi connectivity index (χ0) is 23.3. The fraction of sp³-hybridized carbons (Fsp3) is 0.444. The van der Waals surface area contributed by atoms with Crippen molar-refractivity contribution in [3.05, 3.63) is 35.9 Å². The number of rotatable bonds is 9. The van der Waals surface area contributed by atoms with Gasteiger partial charge in [0.25, 0.3) is 0 Å². The second-order valence-corrected chi connectivity index (χ2v) is 5.97. The van der Waals surface area contributed by atoms with Crippen molar-refractivity contribution >= 4 is 23.8 Å². The molecule has 0 radical (unpaired) electrons. The van der Waals surface area contributed by atoms with Gasteiger partial charge in [-0.05, 0) is 18.4 Å². The quantitative estimate of drug-likeness (QED) is 0.418. The van der Waals surface area contributed by atoms with Gasteiger partial charge in [-0.3, -0.25) is 14.4 Å². The summed E-state index contributed by atoms with van der Waals surface area (Å²) in [5.74, 6) is -4.40. The first-order valence-electron chi connectivity index (χ1n) is 8.73. The number of carboxylic acid groups (broad SMARTS) is 1. The highest BCUT2D eigenvalue weighted by molar-refractivity contribution is 5.89. The molecule has 0 bridgehead atoms. The van der Waals surface area contributed by atoms with Crippen LogP contribution >= 0.6 is 0 Å². The molecule has 0 aromatic heterocycles. The van der Waals surface area contributed by atoms with Crippen molar-refractivity contribution in [2.45, 2.75) is 51.1 Å². The number of carbonyl (C=O) groups excluding carboxylic acids is 3. The van der Waals surface area contributed by atoms with E-state index in [1.54, 1.807) is 6.92 Å². The molecule has 0 aliphatic heterocycles. The minimum atomic E-state index is -5.08. The van der Waals surface area contributed by atoms with Crippen LogP contribution in [0.25, 0.3) is 0 Å². The Labute approximate surface area is 170 Å². The topological polar surface area (TPSA) is 162 Å². The lowest BCUT2D eigenvalue weighted by Crippen LogP contribution is -2.50. The molecular formula is C18H24F3N3O6. The van der Waals surface area contributed by atoms with E-state index in [1.165, 1.54) is 0 Å². The summed E-state index contributed by atoms with van der Waals surface area (Å²) >= 11 is 0. The molecule has 0 saturated carbocycles. The molecule has 30 heavy (non-hydrogen) atoms. The van der Waals surface area contributed by atoms with E-state index in [9.17, 15) is 27.6 Å². The summed E-state index contributed by atoms with van der Waals surface area (Å²) in [6.07, 6.45) is -4.59. The summed E-state index contributed by atoms with van der Waals surface area (Å²) in [7, 11) is 0. The molecule has 1 aromatic carbocycles. The third-order valence-electron chi connectivity index (χ3n) is 3.56. The molecule has 2 atom stereocenters. The van der Waals surface area contributed by atoms with Gasteiger partial charge in [-0.2, -0.15) is 13.2 Å². The first-order chi connectivity index (χ1) is 13.9. The van der Waals surface area contributed by atoms with E-state index in [0.717, 1.165) is 5.56 Å². The van der Waals surface area contributed by atoms with Crippen molar-refractivity contribution in [2.75, 3.05) is 0 Å². The molecule has 0 spiro atoms. The molecule has 9 nitrogen and oxygen atoms in total. The third-order valence-corrected chi connectivity index (χ3v) is 3.56. The predicted molar refractivity (Wildman–Crippen MR) is 98.6 cm³/mol. The van der Waals surface area contributed by atoms with E-state index >= 15 is 0 Å². The van der Waals surface area contributed by atoms with Crippen LogP contribution < -0.4 is 16.8 Å². The van der Waals surface area contributed by atoms with Crippen molar-refractivity contribution in [1.29, 1.82) is 0 Å². The average molecular weight is 435 g/mol. The number of benzene rings is 1. The fourth-order valence-corrected chi connectivity index (χ4v) is 1.82. The first-order valence-corrected chi connectivity index (χ1v) is 8.73. The maximum atomic E-state index is 11.7. The zero-order valence-corrected chi connectivity index (χ0v) is 16.1. The smallest absolute Gasteiger partial charge is 0.475 e. The van der Waals surface area contributed by atoms with Gasteiger partial charge in [-0.25, -0.2) is 4.79 Å². The van der Waals surface area contributed by atoms with Crippen molar-refractivity contribution in [1.82, 2.24) is 5.32 Å². The van der Waals surface area contributed by atoms with Crippen LogP contribution in [0.15, 0.2) is 30.3 Å². The van der Waals surface area contributed by atoms with Gasteiger partial charge >= 0.3 is 18.1 Å². The van der Waals surface area contributed by atoms with Gasteiger partial charge in [0, 0.05) is 6.42 Å². The third kappa shape index (κ3) is 11.6. The number of halogens is 3. The molecule has 1 unspecified atom stereocenters. The van der Waals surface area contributed by atoms with Crippen LogP contribution in [-0.2, 0) is 30.5 Å². The summed E-state index contributed by atoms with van der Waals surface area (Å²) in [5, 5.41) is 9.58. The number of amides is 2. The second-order valence-electron chi connectivity index (χ2n) is 5.97. The van der Waals surface area contributed by atoms with Crippen molar-refractivity contribution in [3.8, 4) is 0 Å². The Morgan fingerprint density at radius 2 is 1.70 bits per heavy atom. The second kappa shape index (κ2) is 13.1. The van der Waals surface area contributed by atoms with Crippen LogP contribution in [0, 0.1) is 0 Å². The summed E-state index contributed by atoms with van der Waals surface area (Å²) in [6, 6.07) is 7.59. The molecule has 1 aromatic rings. The van der Waals surface area contributed by atoms with Crippen LogP contribution in [0.1, 0.15) is 31.7 Å². The summed E-state index contributed by atoms with van der Waals surface area (Å²) in [6.45, 7) is 1.92. The van der Waals surface area contributed by atoms with Crippen molar-refractivity contribution in [3.63, 3.8) is 0 Å². The maximum Gasteiger partial charge on any atom is 0.490 e. The zero-order valence-electron chi connectivity index (χ0n) is 16.1. The Morgan fingerprint density at radius 1 is 1.17 bits per heavy atom. The van der Waals surface area contributed by atoms with E-state index in [1.807, 2.05) is 30.3 Å². The number of hydrogen-bond donors (Lipinski definition) is 4. The molecular weight excluding hydrogens is 411 g/mol. The number of nitrogens with one attached hydrogen (secondary N) is 1. The number of nitrogens with two attached hydrogens (primary N) is 2. The molecule has 12 heteroatoms. The first kappa shape index (κ1) is 26.9. The minimum absolute atomic E-state index is 0.0257. The van der Waals surface area contributed by atoms with Crippen LogP contribution in [-0.4, -0.2) is 47.1 Å². The molecule has 0 saturated heterocycles. The number of aliphatic carboxylic acids is 1. The van der Waals surface area contributed by atoms with E-state index < -0.39 is 42.0 Å². The number of primary amides is 1. The molecule has 0 aliphatic carbocycles. The maximum absolute atomic E-state index is 11.7. The number of carboxylic acids is 1. The number of esters is 1. The lowest BCUT2D eigenvalue weighted by molar-refractivity contribution is -0.192. The lowest BCUT2D eigenvalue weighted by Gasteiger charge is -2.17. The Morgan fingerprint density at radius 3 is 2.13 bits per heavy atom. The number of hydrogen-bond acceptors (Lipinski definition) is 6. The minimum Gasteiger partial charge on any atom is -0.475 e. The van der Waals surface area contributed by atoms with Crippen LogP contribution in [0.2, 0.25) is 0 Å². The van der Waals surface area contributed by atoms with Crippen LogP contribution in [0.3, 0.4) is 0 Å². The van der Waals surface area contributed by atoms with Crippen LogP contribution in [0.4, 0.5) is 13.2 Å². The highest BCUT2D eigenvalue weighted by atomic mass is 19.4. The summed E-state index contributed by atoms with van der Waals surface area (Å²) in [4.78, 5) is 43.6. The number of ether oxygens (including phenoxy) is 1. The largest absolute Gasteiger partial charge is 0.490 e. The van der Waals surface area contributed by atoms with Gasteiger partial charge in [-0.15, -0.1) is 0 Å². The Hall–Kier alpha value is -3.15. The normalized spacial score (nSPS) is 12.6. The van der Waals surface area contributed by atoms with Gasteiger partial charge in [-0.1, -0.05) is 37.3 Å². The standard InChI is InChI=1S/C16H23N3O4.C2HF3O2/c1-2-12(17)16(22)19-13(15(18)21)8-9-14(20)23-10-11-6-4-3-5-7-11;3-2(4,5)1(6)7/h3-7,12-13H,2,8-10,17H2,1H3,(H2,18,21)(H,19,22);(H,6,7)/t12?,13-;/m1./s1. The van der Waals surface area contributed by atoms with E-state index in [2.05, 4.69) is 5.32 Å². The summed E-state index contributed by atoms with van der Waals surface area (Å²) < 4.78 is 36.8. The molecule has 6 N–H and O–H groups in total. The van der Waals surface area contributed by atoms with Gasteiger partial charge in [0.05, 0.1) is 6.04 Å². The van der Waals surface area contributed by atoms with Gasteiger partial charge in [0.2, 0.25) is 11.8 Å². The van der Waals surface area contributed by atoms with E-state index in [-0.39, 0.29) is 19.4 Å². The number of carbonyl (C=O) groups is 4. The molecule has 168 valence electrons. The Bertz CT molecular complexity index is 713. The fourth-order valence-electron chi connectivity index (χ4n) is 1.82. The average Bonchev–Trinajstić information content (AvgIpc) is 2.68. The highest BCUT2D eigenvalue weighted by Crippen LogP contribution is 2.13. The Kier molecular flexibility index (Phi) is 11.8. The molecule has 0 heterocycles. The molecule has 1 rings (SSSR count). The van der Waals surface area contributed by atoms with Gasteiger partial charge in [0.1, 0.15) is 12.6 Å².